The Morgan fingerprint density at radius 3 is 2.00 bits per heavy atom. The van der Waals surface area contributed by atoms with Crippen LogP contribution >= 0.6 is 15.9 Å². The van der Waals surface area contributed by atoms with Gasteiger partial charge in [-0.15, -0.1) is 0 Å². The molecule has 0 saturated carbocycles. The van der Waals surface area contributed by atoms with E-state index >= 15 is 0 Å². The molecule has 100 valence electrons. The first kappa shape index (κ1) is 14.3. The normalized spacial score (nSPS) is 12.5. The van der Waals surface area contributed by atoms with Gasteiger partial charge in [-0.3, -0.25) is 5.84 Å². The quantitative estimate of drug-likeness (QED) is 0.664. The van der Waals surface area contributed by atoms with Gasteiger partial charge in [-0.1, -0.05) is 46.3 Å². The maximum atomic E-state index is 5.75. The smallest absolute Gasteiger partial charge is 0.0710 e. The van der Waals surface area contributed by atoms with E-state index in [4.69, 9.17) is 5.84 Å². The minimum Gasteiger partial charge on any atom is -0.271 e. The Hall–Kier alpha value is -1.16. The molecule has 3 N–H and O–H groups in total. The molecule has 0 amide bonds. The Morgan fingerprint density at radius 2 is 1.47 bits per heavy atom. The average molecular weight is 319 g/mol. The van der Waals surface area contributed by atoms with Crippen LogP contribution in [0.5, 0.6) is 0 Å². The van der Waals surface area contributed by atoms with E-state index in [2.05, 4.69) is 78.5 Å². The van der Waals surface area contributed by atoms with E-state index in [-0.39, 0.29) is 6.04 Å². The van der Waals surface area contributed by atoms with Gasteiger partial charge in [0, 0.05) is 4.47 Å². The van der Waals surface area contributed by atoms with E-state index in [1.807, 2.05) is 0 Å². The van der Waals surface area contributed by atoms with Gasteiger partial charge in [0.15, 0.2) is 0 Å². The molecule has 0 aliphatic rings. The topological polar surface area (TPSA) is 38.0 Å². The number of nitrogens with one attached hydrogen (secondary N) is 1. The van der Waals surface area contributed by atoms with Crippen LogP contribution in [-0.2, 0) is 0 Å². The van der Waals surface area contributed by atoms with Crippen molar-refractivity contribution < 1.29 is 0 Å². The summed E-state index contributed by atoms with van der Waals surface area (Å²) in [5.74, 6) is 5.75. The van der Waals surface area contributed by atoms with Crippen LogP contribution in [0, 0.1) is 20.8 Å². The van der Waals surface area contributed by atoms with Gasteiger partial charge < -0.3 is 0 Å². The number of benzene rings is 2. The van der Waals surface area contributed by atoms with Crippen LogP contribution in [0.1, 0.15) is 33.9 Å². The summed E-state index contributed by atoms with van der Waals surface area (Å²) in [5, 5.41) is 0. The second-order valence-electron chi connectivity index (χ2n) is 4.95. The van der Waals surface area contributed by atoms with E-state index in [9.17, 15) is 0 Å². The number of hydrogen-bond donors (Lipinski definition) is 2. The van der Waals surface area contributed by atoms with Gasteiger partial charge in [0.25, 0.3) is 0 Å². The highest BCUT2D eigenvalue weighted by atomic mass is 79.9. The van der Waals surface area contributed by atoms with Crippen LogP contribution in [0.4, 0.5) is 0 Å². The van der Waals surface area contributed by atoms with Gasteiger partial charge in [0.1, 0.15) is 0 Å². The third-order valence-electron chi connectivity index (χ3n) is 3.56. The van der Waals surface area contributed by atoms with Gasteiger partial charge >= 0.3 is 0 Å². The number of hydrazine groups is 1. The second kappa shape index (κ2) is 5.87. The third-order valence-corrected chi connectivity index (χ3v) is 4.41. The first-order valence-corrected chi connectivity index (χ1v) is 7.11. The molecular formula is C16H19BrN2. The molecule has 0 bridgehead atoms. The highest BCUT2D eigenvalue weighted by Gasteiger charge is 2.13. The minimum absolute atomic E-state index is 0.0104. The average Bonchev–Trinajstić information content (AvgIpc) is 2.39. The van der Waals surface area contributed by atoms with Crippen LogP contribution in [0.25, 0.3) is 0 Å². The molecule has 0 fully saturated rings. The van der Waals surface area contributed by atoms with Crippen LogP contribution in [0.15, 0.2) is 40.9 Å². The summed E-state index contributed by atoms with van der Waals surface area (Å²) in [6.07, 6.45) is 0. The van der Waals surface area contributed by atoms with Gasteiger partial charge in [-0.25, -0.2) is 5.43 Å². The van der Waals surface area contributed by atoms with Gasteiger partial charge in [-0.05, 0) is 54.7 Å². The highest BCUT2D eigenvalue weighted by Crippen LogP contribution is 2.27. The molecule has 2 nitrogen and oxygen atoms in total. The molecule has 2 aromatic rings. The molecular weight excluding hydrogens is 300 g/mol. The van der Waals surface area contributed by atoms with Gasteiger partial charge in [0.2, 0.25) is 0 Å². The predicted octanol–water partition coefficient (Wildman–Crippen LogP) is 3.93. The van der Waals surface area contributed by atoms with Crippen molar-refractivity contribution in [1.29, 1.82) is 0 Å². The summed E-state index contributed by atoms with van der Waals surface area (Å²) in [5.41, 5.74) is 9.04. The zero-order valence-corrected chi connectivity index (χ0v) is 13.1. The Balaban J connectivity index is 2.43. The molecule has 1 unspecified atom stereocenters. The molecule has 0 radical (unpaired) electrons. The summed E-state index contributed by atoms with van der Waals surface area (Å²) in [6.45, 7) is 6.32. The largest absolute Gasteiger partial charge is 0.271 e. The monoisotopic (exact) mass is 318 g/mol. The van der Waals surface area contributed by atoms with E-state index in [0.717, 1.165) is 10.0 Å². The first-order chi connectivity index (χ1) is 9.02. The molecule has 3 heteroatoms. The zero-order chi connectivity index (χ0) is 14.0. The second-order valence-corrected chi connectivity index (χ2v) is 5.81. The van der Waals surface area contributed by atoms with Crippen LogP contribution < -0.4 is 11.3 Å². The Labute approximate surface area is 123 Å². The van der Waals surface area contributed by atoms with Crippen molar-refractivity contribution in [3.8, 4) is 0 Å². The fourth-order valence-electron chi connectivity index (χ4n) is 2.12. The van der Waals surface area contributed by atoms with Crippen molar-refractivity contribution >= 4 is 15.9 Å². The van der Waals surface area contributed by atoms with E-state index < -0.39 is 0 Å². The third kappa shape index (κ3) is 3.06. The van der Waals surface area contributed by atoms with Crippen molar-refractivity contribution in [3.63, 3.8) is 0 Å². The predicted molar refractivity (Wildman–Crippen MR) is 84.0 cm³/mol. The fraction of sp³-hybridized carbons (Fsp3) is 0.250. The van der Waals surface area contributed by atoms with E-state index in [1.165, 1.54) is 22.3 Å². The van der Waals surface area contributed by atoms with E-state index in [0.29, 0.717) is 0 Å². The lowest BCUT2D eigenvalue weighted by molar-refractivity contribution is 0.636. The summed E-state index contributed by atoms with van der Waals surface area (Å²) >= 11 is 3.57. The summed E-state index contributed by atoms with van der Waals surface area (Å²) in [7, 11) is 0. The minimum atomic E-state index is 0.0104. The standard InChI is InChI=1S/C16H19BrN2/c1-10-4-6-13(8-12(10)3)16(19-18)14-7-5-11(2)15(17)9-14/h4-9,16,19H,18H2,1-3H3. The van der Waals surface area contributed by atoms with Crippen molar-refractivity contribution in [3.05, 3.63) is 68.7 Å². The zero-order valence-electron chi connectivity index (χ0n) is 11.5. The molecule has 2 aromatic carbocycles. The maximum absolute atomic E-state index is 5.75. The Morgan fingerprint density at radius 1 is 0.895 bits per heavy atom. The number of aryl methyl sites for hydroxylation is 3. The summed E-state index contributed by atoms with van der Waals surface area (Å²) < 4.78 is 1.11. The molecule has 0 spiro atoms. The lowest BCUT2D eigenvalue weighted by atomic mass is 9.95. The van der Waals surface area contributed by atoms with E-state index in [1.54, 1.807) is 0 Å². The molecule has 0 aliphatic carbocycles. The summed E-state index contributed by atoms with van der Waals surface area (Å²) in [4.78, 5) is 0. The molecule has 19 heavy (non-hydrogen) atoms. The van der Waals surface area contributed by atoms with Crippen LogP contribution in [0.3, 0.4) is 0 Å². The van der Waals surface area contributed by atoms with Crippen molar-refractivity contribution in [2.75, 3.05) is 0 Å². The lowest BCUT2D eigenvalue weighted by Gasteiger charge is -2.19. The van der Waals surface area contributed by atoms with Gasteiger partial charge in [-0.2, -0.15) is 0 Å². The Kier molecular flexibility index (Phi) is 4.40. The number of nitrogens with two attached hydrogens (primary N) is 1. The molecule has 0 aromatic heterocycles. The number of halogens is 1. The number of hydrogen-bond acceptors (Lipinski definition) is 2. The Bertz CT molecular complexity index is 542. The lowest BCUT2D eigenvalue weighted by Crippen LogP contribution is -2.29. The maximum Gasteiger partial charge on any atom is 0.0710 e. The number of rotatable bonds is 3. The highest BCUT2D eigenvalue weighted by molar-refractivity contribution is 9.10. The molecule has 0 aliphatic heterocycles. The van der Waals surface area contributed by atoms with Crippen LogP contribution in [0.2, 0.25) is 0 Å². The SMILES string of the molecule is Cc1ccc(C(NN)c2ccc(C)c(Br)c2)cc1C. The van der Waals surface area contributed by atoms with Crippen LogP contribution in [-0.4, -0.2) is 0 Å². The summed E-state index contributed by atoms with van der Waals surface area (Å²) in [6, 6.07) is 12.8. The molecule has 2 rings (SSSR count). The molecule has 0 heterocycles. The molecule has 0 saturated heterocycles. The van der Waals surface area contributed by atoms with Gasteiger partial charge in [0.05, 0.1) is 6.04 Å². The van der Waals surface area contributed by atoms with Crippen molar-refractivity contribution in [2.24, 2.45) is 5.84 Å². The molecule has 1 atom stereocenters. The first-order valence-electron chi connectivity index (χ1n) is 6.32. The van der Waals surface area contributed by atoms with Crippen molar-refractivity contribution in [2.45, 2.75) is 26.8 Å². The van der Waals surface area contributed by atoms with Crippen molar-refractivity contribution in [1.82, 2.24) is 5.43 Å². The fourth-order valence-corrected chi connectivity index (χ4v) is 2.51.